The first-order chi connectivity index (χ1) is 21.2. The van der Waals surface area contributed by atoms with Gasteiger partial charge in [-0.25, -0.2) is 0 Å². The van der Waals surface area contributed by atoms with Crippen LogP contribution in [0.1, 0.15) is 100 Å². The van der Waals surface area contributed by atoms with Crippen molar-refractivity contribution in [1.82, 2.24) is 0 Å². The van der Waals surface area contributed by atoms with Crippen molar-refractivity contribution < 1.29 is 33.4 Å². The summed E-state index contributed by atoms with van der Waals surface area (Å²) in [5.74, 6) is -1.51. The van der Waals surface area contributed by atoms with Gasteiger partial charge in [-0.1, -0.05) is 62.4 Å². The Bertz CT molecular complexity index is 1620. The molecule has 44 heavy (non-hydrogen) atoms. The molecule has 0 fully saturated rings. The normalized spacial score (nSPS) is 11.0. The molecule has 0 saturated carbocycles. The SMILES string of the molecule is CCC(=O)c1cc2ccccc2c(CCCC(=O)OC)c1C(=O)c1c(C(=O)CC)cc2ccccc2c1CCCC(=O)OC. The van der Waals surface area contributed by atoms with E-state index >= 15 is 4.79 Å². The molecular weight excluding hydrogens is 556 g/mol. The second-order valence-corrected chi connectivity index (χ2v) is 10.7. The van der Waals surface area contributed by atoms with Crippen molar-refractivity contribution >= 4 is 50.8 Å². The number of esters is 2. The molecular formula is C37H38O7. The van der Waals surface area contributed by atoms with Crippen molar-refractivity contribution in [3.05, 3.63) is 94.0 Å². The topological polar surface area (TPSA) is 104 Å². The van der Waals surface area contributed by atoms with Crippen molar-refractivity contribution in [2.24, 2.45) is 0 Å². The summed E-state index contributed by atoms with van der Waals surface area (Å²) in [5.41, 5.74) is 2.44. The average Bonchev–Trinajstić information content (AvgIpc) is 3.06. The lowest BCUT2D eigenvalue weighted by atomic mass is 9.80. The van der Waals surface area contributed by atoms with Crippen molar-refractivity contribution in [2.75, 3.05) is 14.2 Å². The molecule has 0 spiro atoms. The highest BCUT2D eigenvalue weighted by Crippen LogP contribution is 2.35. The van der Waals surface area contributed by atoms with Crippen LogP contribution >= 0.6 is 0 Å². The van der Waals surface area contributed by atoms with E-state index in [2.05, 4.69) is 0 Å². The van der Waals surface area contributed by atoms with Crippen LogP contribution in [0.15, 0.2) is 60.7 Å². The van der Waals surface area contributed by atoms with Crippen LogP contribution in [0, 0.1) is 0 Å². The van der Waals surface area contributed by atoms with E-state index in [1.54, 1.807) is 26.0 Å². The van der Waals surface area contributed by atoms with Gasteiger partial charge in [-0.2, -0.15) is 0 Å². The molecule has 0 saturated heterocycles. The van der Waals surface area contributed by atoms with Gasteiger partial charge in [0.25, 0.3) is 0 Å². The second kappa shape index (κ2) is 14.7. The molecule has 0 amide bonds. The molecule has 228 valence electrons. The summed E-state index contributed by atoms with van der Waals surface area (Å²) in [4.78, 5) is 66.1. The van der Waals surface area contributed by atoms with Crippen LogP contribution in [0.5, 0.6) is 0 Å². The van der Waals surface area contributed by atoms with Crippen LogP contribution in [0.2, 0.25) is 0 Å². The Kier molecular flexibility index (Phi) is 10.8. The van der Waals surface area contributed by atoms with Crippen LogP contribution in [0.25, 0.3) is 21.5 Å². The van der Waals surface area contributed by atoms with Gasteiger partial charge in [0.1, 0.15) is 0 Å². The maximum Gasteiger partial charge on any atom is 0.305 e. The van der Waals surface area contributed by atoms with Gasteiger partial charge in [0, 0.05) is 47.9 Å². The summed E-state index contributed by atoms with van der Waals surface area (Å²) in [6.45, 7) is 3.51. The Morgan fingerprint density at radius 1 is 0.591 bits per heavy atom. The van der Waals surface area contributed by atoms with Gasteiger partial charge in [-0.3, -0.25) is 24.0 Å². The highest BCUT2D eigenvalue weighted by molar-refractivity contribution is 6.24. The first-order valence-corrected chi connectivity index (χ1v) is 15.1. The smallest absolute Gasteiger partial charge is 0.305 e. The predicted molar refractivity (Wildman–Crippen MR) is 170 cm³/mol. The van der Waals surface area contributed by atoms with E-state index in [1.807, 2.05) is 48.5 Å². The zero-order chi connectivity index (χ0) is 31.8. The van der Waals surface area contributed by atoms with Gasteiger partial charge in [0.05, 0.1) is 14.2 Å². The Hall–Kier alpha value is -4.65. The zero-order valence-electron chi connectivity index (χ0n) is 25.8. The van der Waals surface area contributed by atoms with Crippen LogP contribution in [0.4, 0.5) is 0 Å². The summed E-state index contributed by atoms with van der Waals surface area (Å²) >= 11 is 0. The summed E-state index contributed by atoms with van der Waals surface area (Å²) in [5, 5.41) is 3.25. The molecule has 0 radical (unpaired) electrons. The van der Waals surface area contributed by atoms with Gasteiger partial charge in [-0.05, 0) is 70.5 Å². The predicted octanol–water partition coefficient (Wildman–Crippen LogP) is 7.40. The average molecular weight is 595 g/mol. The number of carbonyl (C=O) groups is 5. The minimum Gasteiger partial charge on any atom is -0.469 e. The van der Waals surface area contributed by atoms with E-state index in [-0.39, 0.29) is 60.3 Å². The number of rotatable bonds is 14. The lowest BCUT2D eigenvalue weighted by molar-refractivity contribution is -0.141. The van der Waals surface area contributed by atoms with Crippen molar-refractivity contribution in [3.63, 3.8) is 0 Å². The minimum absolute atomic E-state index is 0.152. The highest BCUT2D eigenvalue weighted by Gasteiger charge is 2.29. The largest absolute Gasteiger partial charge is 0.469 e. The van der Waals surface area contributed by atoms with E-state index in [4.69, 9.17) is 9.47 Å². The summed E-state index contributed by atoms with van der Waals surface area (Å²) < 4.78 is 9.69. The molecule has 7 heteroatoms. The Morgan fingerprint density at radius 3 is 1.34 bits per heavy atom. The number of carbonyl (C=O) groups excluding carboxylic acids is 5. The number of hydrogen-bond acceptors (Lipinski definition) is 7. The molecule has 0 unspecified atom stereocenters. The number of ether oxygens (including phenoxy) is 2. The van der Waals surface area contributed by atoms with Gasteiger partial charge >= 0.3 is 11.9 Å². The fraction of sp³-hybridized carbons (Fsp3) is 0.324. The maximum atomic E-state index is 15.1. The fourth-order valence-corrected chi connectivity index (χ4v) is 5.85. The third-order valence-corrected chi connectivity index (χ3v) is 8.08. The second-order valence-electron chi connectivity index (χ2n) is 10.7. The number of aryl methyl sites for hydroxylation is 2. The third kappa shape index (κ3) is 6.77. The summed E-state index contributed by atoms with van der Waals surface area (Å²) in [6.07, 6.45) is 2.19. The molecule has 0 aliphatic rings. The molecule has 0 aliphatic carbocycles. The lowest BCUT2D eigenvalue weighted by Gasteiger charge is -2.21. The number of fused-ring (bicyclic) bond motifs is 2. The van der Waals surface area contributed by atoms with Crippen LogP contribution in [-0.2, 0) is 31.9 Å². The molecule has 4 aromatic rings. The molecule has 0 N–H and O–H groups in total. The number of Topliss-reactive ketones (excluding diaryl/α,β-unsaturated/α-hetero) is 2. The summed E-state index contributed by atoms with van der Waals surface area (Å²) in [7, 11) is 2.67. The quantitative estimate of drug-likeness (QED) is 0.111. The molecule has 4 rings (SSSR count). The Labute approximate surface area is 257 Å². The van der Waals surface area contributed by atoms with E-state index in [0.717, 1.165) is 21.5 Å². The first-order valence-electron chi connectivity index (χ1n) is 15.1. The zero-order valence-corrected chi connectivity index (χ0v) is 25.8. The molecule has 7 nitrogen and oxygen atoms in total. The molecule has 0 aromatic heterocycles. The van der Waals surface area contributed by atoms with E-state index < -0.39 is 5.78 Å². The van der Waals surface area contributed by atoms with Crippen LogP contribution in [0.3, 0.4) is 0 Å². The fourth-order valence-electron chi connectivity index (χ4n) is 5.85. The molecule has 0 bridgehead atoms. The third-order valence-electron chi connectivity index (χ3n) is 8.08. The molecule has 4 aromatic carbocycles. The number of hydrogen-bond donors (Lipinski definition) is 0. The monoisotopic (exact) mass is 594 g/mol. The molecule has 0 aliphatic heterocycles. The van der Waals surface area contributed by atoms with Crippen molar-refractivity contribution in [2.45, 2.75) is 65.2 Å². The van der Waals surface area contributed by atoms with Crippen LogP contribution in [-0.4, -0.2) is 43.5 Å². The van der Waals surface area contributed by atoms with E-state index in [0.29, 0.717) is 47.9 Å². The van der Waals surface area contributed by atoms with Crippen molar-refractivity contribution in [1.29, 1.82) is 0 Å². The van der Waals surface area contributed by atoms with Crippen molar-refractivity contribution in [3.8, 4) is 0 Å². The van der Waals surface area contributed by atoms with Gasteiger partial charge in [0.2, 0.25) is 0 Å². The van der Waals surface area contributed by atoms with E-state index in [1.165, 1.54) is 14.2 Å². The number of ketones is 3. The van der Waals surface area contributed by atoms with E-state index in [9.17, 15) is 19.2 Å². The molecule has 0 heterocycles. The number of benzene rings is 4. The van der Waals surface area contributed by atoms with Crippen LogP contribution < -0.4 is 0 Å². The first kappa shape index (κ1) is 32.3. The van der Waals surface area contributed by atoms with Gasteiger partial charge < -0.3 is 9.47 Å². The maximum absolute atomic E-state index is 15.1. The summed E-state index contributed by atoms with van der Waals surface area (Å²) in [6, 6.07) is 18.7. The van der Waals surface area contributed by atoms with Gasteiger partial charge in [-0.15, -0.1) is 0 Å². The minimum atomic E-state index is -0.406. The number of methoxy groups -OCH3 is 2. The Balaban J connectivity index is 2.05. The highest BCUT2D eigenvalue weighted by atomic mass is 16.5. The Morgan fingerprint density at radius 2 is 0.977 bits per heavy atom. The van der Waals surface area contributed by atoms with Gasteiger partial charge in [0.15, 0.2) is 17.3 Å². The standard InChI is InChI=1S/C37H38O7/c1-5-31(38)29-21-23-13-7-9-15-25(23)27(17-11-19-33(40)43-3)35(29)37(42)36-28(18-12-20-34(41)44-4)26-16-10-8-14-24(26)22-30(36)32(39)6-2/h7-10,13-16,21-22H,5-6,11-12,17-20H2,1-4H3. The lowest BCUT2D eigenvalue weighted by Crippen LogP contribution is -2.19. The molecule has 0 atom stereocenters.